The third-order valence-corrected chi connectivity index (χ3v) is 3.13. The number of allylic oxidation sites excluding steroid dienone is 1. The summed E-state index contributed by atoms with van der Waals surface area (Å²) in [7, 11) is 0. The maximum absolute atomic E-state index is 11.3. The minimum Gasteiger partial charge on any atom is -0.370 e. The van der Waals surface area contributed by atoms with Crippen LogP contribution in [0.1, 0.15) is 71.1 Å². The molecule has 0 aliphatic rings. The van der Waals surface area contributed by atoms with E-state index in [2.05, 4.69) is 6.92 Å². The molecule has 2 amide bonds. The Balaban J connectivity index is 3.76. The molecule has 0 aliphatic carbocycles. The summed E-state index contributed by atoms with van der Waals surface area (Å²) in [5.74, 6) is -0.540. The van der Waals surface area contributed by atoms with E-state index in [0.717, 1.165) is 50.5 Å². The first-order chi connectivity index (χ1) is 9.07. The van der Waals surface area contributed by atoms with Gasteiger partial charge in [-0.3, -0.25) is 9.59 Å². The quantitative estimate of drug-likeness (QED) is 0.421. The zero-order valence-corrected chi connectivity index (χ0v) is 12.1. The van der Waals surface area contributed by atoms with E-state index in [-0.39, 0.29) is 11.8 Å². The van der Waals surface area contributed by atoms with Crippen LogP contribution in [-0.2, 0) is 9.59 Å². The van der Waals surface area contributed by atoms with E-state index >= 15 is 0 Å². The zero-order chi connectivity index (χ0) is 14.5. The molecule has 0 rings (SSSR count). The average Bonchev–Trinajstić information content (AvgIpc) is 2.35. The van der Waals surface area contributed by atoms with Crippen LogP contribution >= 0.6 is 0 Å². The molecule has 0 heterocycles. The van der Waals surface area contributed by atoms with Crippen molar-refractivity contribution in [3.05, 3.63) is 11.6 Å². The lowest BCUT2D eigenvalue weighted by molar-refractivity contribution is -0.118. The van der Waals surface area contributed by atoms with Gasteiger partial charge in [0.25, 0.3) is 0 Å². The predicted molar refractivity (Wildman–Crippen MR) is 78.3 cm³/mol. The van der Waals surface area contributed by atoms with Gasteiger partial charge in [0.05, 0.1) is 0 Å². The zero-order valence-electron chi connectivity index (χ0n) is 12.1. The summed E-state index contributed by atoms with van der Waals surface area (Å²) in [6.07, 6.45) is 11.4. The van der Waals surface area contributed by atoms with Gasteiger partial charge in [-0.05, 0) is 32.1 Å². The smallest absolute Gasteiger partial charge is 0.244 e. The van der Waals surface area contributed by atoms with Crippen LogP contribution in [0.2, 0.25) is 0 Å². The number of nitrogens with two attached hydrogens (primary N) is 2. The third kappa shape index (κ3) is 11.5. The first kappa shape index (κ1) is 17.7. The molecular formula is C15H28N2O2. The van der Waals surface area contributed by atoms with Crippen LogP contribution < -0.4 is 11.5 Å². The third-order valence-electron chi connectivity index (χ3n) is 3.13. The van der Waals surface area contributed by atoms with Crippen LogP contribution in [0, 0.1) is 0 Å². The van der Waals surface area contributed by atoms with Crippen LogP contribution in [0.4, 0.5) is 0 Å². The molecule has 0 bridgehead atoms. The van der Waals surface area contributed by atoms with Crippen molar-refractivity contribution in [2.75, 3.05) is 0 Å². The van der Waals surface area contributed by atoms with E-state index in [0.29, 0.717) is 6.42 Å². The molecular weight excluding hydrogens is 240 g/mol. The van der Waals surface area contributed by atoms with Crippen molar-refractivity contribution in [1.82, 2.24) is 0 Å². The minimum absolute atomic E-state index is 0.242. The Kier molecular flexibility index (Phi) is 10.9. The second-order valence-corrected chi connectivity index (χ2v) is 4.97. The highest BCUT2D eigenvalue weighted by atomic mass is 16.1. The highest BCUT2D eigenvalue weighted by Gasteiger charge is 2.04. The standard InChI is InChI=1S/C15H28N2O2/c1-2-3-4-7-10-13(15(17)19)11-8-5-6-9-12-14(16)18/h10H,2-9,11-12H2,1H3,(H2,16,18)(H2,17,19). The topological polar surface area (TPSA) is 86.2 Å². The molecule has 0 aliphatic heterocycles. The fourth-order valence-electron chi connectivity index (χ4n) is 1.96. The summed E-state index contributed by atoms with van der Waals surface area (Å²) in [5.41, 5.74) is 11.2. The fourth-order valence-corrected chi connectivity index (χ4v) is 1.96. The van der Waals surface area contributed by atoms with Gasteiger partial charge in [-0.1, -0.05) is 38.7 Å². The lowest BCUT2D eigenvalue weighted by Crippen LogP contribution is -2.14. The molecule has 0 saturated heterocycles. The Labute approximate surface area is 116 Å². The first-order valence-corrected chi connectivity index (χ1v) is 7.35. The van der Waals surface area contributed by atoms with E-state index in [1.807, 2.05) is 6.08 Å². The van der Waals surface area contributed by atoms with E-state index in [1.165, 1.54) is 12.8 Å². The largest absolute Gasteiger partial charge is 0.370 e. The molecule has 0 atom stereocenters. The van der Waals surface area contributed by atoms with Crippen molar-refractivity contribution in [2.45, 2.75) is 71.1 Å². The van der Waals surface area contributed by atoms with Crippen molar-refractivity contribution in [3.8, 4) is 0 Å². The Hall–Kier alpha value is -1.32. The van der Waals surface area contributed by atoms with Gasteiger partial charge in [-0.2, -0.15) is 0 Å². The summed E-state index contributed by atoms with van der Waals surface area (Å²) < 4.78 is 0. The van der Waals surface area contributed by atoms with Crippen LogP contribution in [0.25, 0.3) is 0 Å². The Morgan fingerprint density at radius 1 is 0.895 bits per heavy atom. The van der Waals surface area contributed by atoms with Crippen LogP contribution in [0.3, 0.4) is 0 Å². The van der Waals surface area contributed by atoms with Crippen LogP contribution in [-0.4, -0.2) is 11.8 Å². The van der Waals surface area contributed by atoms with Crippen LogP contribution in [0.15, 0.2) is 11.6 Å². The number of amides is 2. The summed E-state index contributed by atoms with van der Waals surface area (Å²) in [5, 5.41) is 0. The first-order valence-electron chi connectivity index (χ1n) is 7.35. The van der Waals surface area contributed by atoms with Gasteiger partial charge in [-0.15, -0.1) is 0 Å². The number of carbonyl (C=O) groups excluding carboxylic acids is 2. The summed E-state index contributed by atoms with van der Waals surface area (Å²) >= 11 is 0. The molecule has 110 valence electrons. The number of hydrogen-bond acceptors (Lipinski definition) is 2. The van der Waals surface area contributed by atoms with Gasteiger partial charge in [-0.25, -0.2) is 0 Å². The molecule has 4 heteroatoms. The highest BCUT2D eigenvalue weighted by Crippen LogP contribution is 2.13. The summed E-state index contributed by atoms with van der Waals surface area (Å²) in [4.78, 5) is 21.8. The fraction of sp³-hybridized carbons (Fsp3) is 0.733. The number of unbranched alkanes of at least 4 members (excludes halogenated alkanes) is 6. The minimum atomic E-state index is -0.298. The maximum Gasteiger partial charge on any atom is 0.244 e. The molecule has 0 aromatic carbocycles. The maximum atomic E-state index is 11.3. The molecule has 4 N–H and O–H groups in total. The molecule has 0 radical (unpaired) electrons. The van der Waals surface area contributed by atoms with Crippen molar-refractivity contribution in [3.63, 3.8) is 0 Å². The molecule has 0 fully saturated rings. The lowest BCUT2D eigenvalue weighted by atomic mass is 10.0. The molecule has 0 aromatic heterocycles. The predicted octanol–water partition coefficient (Wildman–Crippen LogP) is 2.80. The van der Waals surface area contributed by atoms with E-state index < -0.39 is 0 Å². The Morgan fingerprint density at radius 3 is 2.05 bits per heavy atom. The van der Waals surface area contributed by atoms with E-state index in [9.17, 15) is 9.59 Å². The molecule has 0 unspecified atom stereocenters. The second-order valence-electron chi connectivity index (χ2n) is 4.97. The van der Waals surface area contributed by atoms with Crippen molar-refractivity contribution < 1.29 is 9.59 Å². The molecule has 4 nitrogen and oxygen atoms in total. The van der Waals surface area contributed by atoms with Gasteiger partial charge in [0.15, 0.2) is 0 Å². The number of rotatable bonds is 12. The molecule has 19 heavy (non-hydrogen) atoms. The van der Waals surface area contributed by atoms with Gasteiger partial charge >= 0.3 is 0 Å². The second kappa shape index (κ2) is 11.8. The molecule has 0 saturated carbocycles. The molecule has 0 spiro atoms. The highest BCUT2D eigenvalue weighted by molar-refractivity contribution is 5.91. The Bertz CT molecular complexity index is 299. The van der Waals surface area contributed by atoms with Crippen LogP contribution in [0.5, 0.6) is 0 Å². The van der Waals surface area contributed by atoms with Gasteiger partial charge in [0, 0.05) is 12.0 Å². The SMILES string of the molecule is CCCCCC=C(CCCCCCC(N)=O)C(N)=O. The van der Waals surface area contributed by atoms with E-state index in [1.54, 1.807) is 0 Å². The van der Waals surface area contributed by atoms with Gasteiger partial charge < -0.3 is 11.5 Å². The van der Waals surface area contributed by atoms with Crippen molar-refractivity contribution in [1.29, 1.82) is 0 Å². The van der Waals surface area contributed by atoms with Crippen molar-refractivity contribution >= 4 is 11.8 Å². The van der Waals surface area contributed by atoms with Crippen molar-refractivity contribution in [2.24, 2.45) is 11.5 Å². The number of hydrogen-bond donors (Lipinski definition) is 2. The number of primary amides is 2. The lowest BCUT2D eigenvalue weighted by Gasteiger charge is -2.04. The Morgan fingerprint density at radius 2 is 1.53 bits per heavy atom. The average molecular weight is 268 g/mol. The van der Waals surface area contributed by atoms with Gasteiger partial charge in [0.2, 0.25) is 11.8 Å². The summed E-state index contributed by atoms with van der Waals surface area (Å²) in [6.45, 7) is 2.16. The normalized spacial score (nSPS) is 11.5. The number of carbonyl (C=O) groups is 2. The summed E-state index contributed by atoms with van der Waals surface area (Å²) in [6, 6.07) is 0. The van der Waals surface area contributed by atoms with Gasteiger partial charge in [0.1, 0.15) is 0 Å². The molecule has 0 aromatic rings. The van der Waals surface area contributed by atoms with E-state index in [4.69, 9.17) is 11.5 Å². The monoisotopic (exact) mass is 268 g/mol.